The first-order chi connectivity index (χ1) is 13.1. The Morgan fingerprint density at radius 3 is 2.52 bits per heavy atom. The van der Waals surface area contributed by atoms with Crippen LogP contribution in [0.25, 0.3) is 0 Å². The molecule has 1 aromatic heterocycles. The van der Waals surface area contributed by atoms with E-state index < -0.39 is 12.1 Å². The maximum Gasteiger partial charge on any atom is 0.342 e. The predicted molar refractivity (Wildman–Crippen MR) is 103 cm³/mol. The van der Waals surface area contributed by atoms with Gasteiger partial charge in [0.25, 0.3) is 0 Å². The SMILES string of the molecule is CCOc1ccc(C(=O)[C@H](C)OC(=O)c2cccnc2N2CCCC2)cc1. The van der Waals surface area contributed by atoms with Crippen LogP contribution in [0.3, 0.4) is 0 Å². The highest BCUT2D eigenvalue weighted by atomic mass is 16.5. The standard InChI is InChI=1S/C21H24N2O4/c1-3-26-17-10-8-16(9-11-17)19(24)15(2)27-21(25)18-7-6-12-22-20(18)23-13-4-5-14-23/h6-12,15H,3-5,13-14H2,1-2H3/t15-/m0/s1. The van der Waals surface area contributed by atoms with Crippen molar-refractivity contribution < 1.29 is 19.1 Å². The van der Waals surface area contributed by atoms with Crippen LogP contribution in [0, 0.1) is 0 Å². The molecule has 1 aliphatic heterocycles. The molecule has 6 heteroatoms. The van der Waals surface area contributed by atoms with Crippen LogP contribution >= 0.6 is 0 Å². The minimum atomic E-state index is -0.887. The fourth-order valence-corrected chi connectivity index (χ4v) is 3.13. The van der Waals surface area contributed by atoms with E-state index in [1.165, 1.54) is 0 Å². The third-order valence-corrected chi connectivity index (χ3v) is 4.52. The number of hydrogen-bond donors (Lipinski definition) is 0. The molecule has 1 atom stereocenters. The number of aromatic nitrogens is 1. The first kappa shape index (κ1) is 18.9. The number of benzene rings is 1. The molecular formula is C21H24N2O4. The zero-order valence-electron chi connectivity index (χ0n) is 15.7. The van der Waals surface area contributed by atoms with Crippen LogP contribution in [-0.4, -0.2) is 42.5 Å². The van der Waals surface area contributed by atoms with Crippen LogP contribution in [-0.2, 0) is 4.74 Å². The Balaban J connectivity index is 1.69. The number of carbonyl (C=O) groups excluding carboxylic acids is 2. The molecule has 27 heavy (non-hydrogen) atoms. The topological polar surface area (TPSA) is 68.7 Å². The van der Waals surface area contributed by atoms with Gasteiger partial charge in [-0.05, 0) is 63.1 Å². The Bertz CT molecular complexity index is 798. The number of nitrogens with zero attached hydrogens (tertiary/aromatic N) is 2. The lowest BCUT2D eigenvalue weighted by atomic mass is 10.1. The first-order valence-corrected chi connectivity index (χ1v) is 9.28. The van der Waals surface area contributed by atoms with E-state index in [4.69, 9.17) is 9.47 Å². The number of esters is 1. The number of hydrogen-bond acceptors (Lipinski definition) is 6. The fraction of sp³-hybridized carbons (Fsp3) is 0.381. The van der Waals surface area contributed by atoms with Crippen molar-refractivity contribution in [3.63, 3.8) is 0 Å². The molecule has 6 nitrogen and oxygen atoms in total. The summed E-state index contributed by atoms with van der Waals surface area (Å²) < 4.78 is 10.8. The Morgan fingerprint density at radius 2 is 1.85 bits per heavy atom. The minimum Gasteiger partial charge on any atom is -0.494 e. The Labute approximate surface area is 159 Å². The summed E-state index contributed by atoms with van der Waals surface area (Å²) in [5.41, 5.74) is 0.871. The van der Waals surface area contributed by atoms with Gasteiger partial charge < -0.3 is 14.4 Å². The van der Waals surface area contributed by atoms with E-state index in [2.05, 4.69) is 9.88 Å². The molecule has 0 saturated carbocycles. The van der Waals surface area contributed by atoms with Crippen LogP contribution in [0.4, 0.5) is 5.82 Å². The number of ketones is 1. The van der Waals surface area contributed by atoms with Gasteiger partial charge in [0.1, 0.15) is 17.1 Å². The quantitative estimate of drug-likeness (QED) is 0.550. The van der Waals surface area contributed by atoms with Gasteiger partial charge in [0, 0.05) is 24.8 Å². The first-order valence-electron chi connectivity index (χ1n) is 9.28. The van der Waals surface area contributed by atoms with E-state index in [-0.39, 0.29) is 5.78 Å². The Hall–Kier alpha value is -2.89. The molecule has 0 aliphatic carbocycles. The molecule has 1 fully saturated rings. The van der Waals surface area contributed by atoms with Crippen molar-refractivity contribution in [1.82, 2.24) is 4.98 Å². The van der Waals surface area contributed by atoms with Gasteiger partial charge in [-0.15, -0.1) is 0 Å². The van der Waals surface area contributed by atoms with Crippen LogP contribution < -0.4 is 9.64 Å². The summed E-state index contributed by atoms with van der Waals surface area (Å²) in [7, 11) is 0. The molecule has 0 spiro atoms. The van der Waals surface area contributed by atoms with Crippen molar-refractivity contribution in [1.29, 1.82) is 0 Å². The zero-order chi connectivity index (χ0) is 19.2. The van der Waals surface area contributed by atoms with Gasteiger partial charge in [-0.2, -0.15) is 0 Å². The number of rotatable bonds is 7. The lowest BCUT2D eigenvalue weighted by molar-refractivity contribution is 0.0319. The number of anilines is 1. The molecule has 142 valence electrons. The van der Waals surface area contributed by atoms with E-state index >= 15 is 0 Å². The highest BCUT2D eigenvalue weighted by molar-refractivity contribution is 6.02. The van der Waals surface area contributed by atoms with E-state index in [1.807, 2.05) is 6.92 Å². The summed E-state index contributed by atoms with van der Waals surface area (Å²) in [6.45, 7) is 5.79. The largest absolute Gasteiger partial charge is 0.494 e. The van der Waals surface area contributed by atoms with Crippen LogP contribution in [0.15, 0.2) is 42.6 Å². The smallest absolute Gasteiger partial charge is 0.342 e. The molecular weight excluding hydrogens is 344 g/mol. The van der Waals surface area contributed by atoms with Crippen LogP contribution in [0.2, 0.25) is 0 Å². The molecule has 1 aromatic carbocycles. The summed E-state index contributed by atoms with van der Waals surface area (Å²) >= 11 is 0. The molecule has 1 saturated heterocycles. The molecule has 2 aromatic rings. The predicted octanol–water partition coefficient (Wildman–Crippen LogP) is 3.51. The lowest BCUT2D eigenvalue weighted by Crippen LogP contribution is -2.27. The molecule has 0 N–H and O–H groups in total. The van der Waals surface area contributed by atoms with Crippen molar-refractivity contribution >= 4 is 17.6 Å². The summed E-state index contributed by atoms with van der Waals surface area (Å²) in [5, 5.41) is 0. The van der Waals surface area contributed by atoms with Crippen LogP contribution in [0.1, 0.15) is 47.4 Å². The second-order valence-corrected chi connectivity index (χ2v) is 6.44. The molecule has 0 bridgehead atoms. The van der Waals surface area contributed by atoms with Gasteiger partial charge in [-0.3, -0.25) is 4.79 Å². The van der Waals surface area contributed by atoms with Gasteiger partial charge in [0.15, 0.2) is 6.10 Å². The summed E-state index contributed by atoms with van der Waals surface area (Å²) in [4.78, 5) is 31.6. The number of carbonyl (C=O) groups is 2. The van der Waals surface area contributed by atoms with Crippen molar-refractivity contribution in [3.05, 3.63) is 53.7 Å². The minimum absolute atomic E-state index is 0.252. The van der Waals surface area contributed by atoms with Crippen LogP contribution in [0.5, 0.6) is 5.75 Å². The lowest BCUT2D eigenvalue weighted by Gasteiger charge is -2.20. The maximum absolute atomic E-state index is 12.6. The molecule has 0 amide bonds. The fourth-order valence-electron chi connectivity index (χ4n) is 3.13. The van der Waals surface area contributed by atoms with Crippen molar-refractivity contribution in [2.24, 2.45) is 0 Å². The third kappa shape index (κ3) is 4.45. The number of pyridine rings is 1. The summed E-state index contributed by atoms with van der Waals surface area (Å²) in [5.74, 6) is 0.542. The number of Topliss-reactive ketones (excluding diaryl/α,β-unsaturated/α-hetero) is 1. The molecule has 0 unspecified atom stereocenters. The van der Waals surface area contributed by atoms with E-state index in [0.29, 0.717) is 29.3 Å². The molecule has 2 heterocycles. The number of ether oxygens (including phenoxy) is 2. The second-order valence-electron chi connectivity index (χ2n) is 6.44. The molecule has 3 rings (SSSR count). The van der Waals surface area contributed by atoms with Gasteiger partial charge >= 0.3 is 5.97 Å². The highest BCUT2D eigenvalue weighted by Crippen LogP contribution is 2.23. The summed E-state index contributed by atoms with van der Waals surface area (Å²) in [6, 6.07) is 10.2. The van der Waals surface area contributed by atoms with Gasteiger partial charge in [0.2, 0.25) is 5.78 Å². The normalized spacial score (nSPS) is 14.7. The average molecular weight is 368 g/mol. The van der Waals surface area contributed by atoms with E-state index in [1.54, 1.807) is 49.5 Å². The van der Waals surface area contributed by atoms with Crippen molar-refractivity contribution in [2.75, 3.05) is 24.6 Å². The van der Waals surface area contributed by atoms with Gasteiger partial charge in [-0.25, -0.2) is 9.78 Å². The van der Waals surface area contributed by atoms with Gasteiger partial charge in [-0.1, -0.05) is 0 Å². The molecule has 0 radical (unpaired) electrons. The van der Waals surface area contributed by atoms with Crippen molar-refractivity contribution in [2.45, 2.75) is 32.8 Å². The highest BCUT2D eigenvalue weighted by Gasteiger charge is 2.25. The average Bonchev–Trinajstić information content (AvgIpc) is 3.23. The maximum atomic E-state index is 12.6. The van der Waals surface area contributed by atoms with Crippen molar-refractivity contribution in [3.8, 4) is 5.75 Å². The Morgan fingerprint density at radius 1 is 1.15 bits per heavy atom. The van der Waals surface area contributed by atoms with E-state index in [9.17, 15) is 9.59 Å². The molecule has 1 aliphatic rings. The summed E-state index contributed by atoms with van der Waals surface area (Å²) in [6.07, 6.45) is 2.94. The second kappa shape index (κ2) is 8.66. The van der Waals surface area contributed by atoms with E-state index in [0.717, 1.165) is 25.9 Å². The Kier molecular flexibility index (Phi) is 6.06. The monoisotopic (exact) mass is 368 g/mol. The van der Waals surface area contributed by atoms with Gasteiger partial charge in [0.05, 0.1) is 6.61 Å². The third-order valence-electron chi connectivity index (χ3n) is 4.52. The zero-order valence-corrected chi connectivity index (χ0v) is 15.7.